The van der Waals surface area contributed by atoms with Crippen LogP contribution < -0.4 is 5.01 Å². The fourth-order valence-corrected chi connectivity index (χ4v) is 3.57. The van der Waals surface area contributed by atoms with Crippen molar-refractivity contribution in [1.29, 1.82) is 5.26 Å². The zero-order chi connectivity index (χ0) is 21.4. The number of nitriles is 1. The highest BCUT2D eigenvalue weighted by Crippen LogP contribution is 2.31. The number of carbonyl (C=O) groups is 2. The lowest BCUT2D eigenvalue weighted by molar-refractivity contribution is -0.114. The molecule has 1 aromatic heterocycles. The van der Waals surface area contributed by atoms with E-state index in [-0.39, 0.29) is 17.3 Å². The van der Waals surface area contributed by atoms with Crippen LogP contribution in [0.5, 0.6) is 0 Å². The number of carboxylic acids is 1. The normalized spacial score (nSPS) is 16.0. The Kier molecular flexibility index (Phi) is 4.68. The lowest BCUT2D eigenvalue weighted by atomic mass is 10.1. The number of aromatic nitrogens is 1. The lowest BCUT2D eigenvalue weighted by Gasteiger charge is -2.14. The number of para-hydroxylation sites is 2. The fraction of sp³-hybridized carbons (Fsp3) is 0.130. The van der Waals surface area contributed by atoms with Gasteiger partial charge >= 0.3 is 5.97 Å². The number of carbonyl (C=O) groups excluding carboxylic acids is 1. The highest BCUT2D eigenvalue weighted by Gasteiger charge is 2.31. The summed E-state index contributed by atoms with van der Waals surface area (Å²) >= 11 is 0. The largest absolute Gasteiger partial charge is 0.478 e. The van der Waals surface area contributed by atoms with E-state index in [4.69, 9.17) is 0 Å². The molecule has 30 heavy (non-hydrogen) atoms. The van der Waals surface area contributed by atoms with Crippen molar-refractivity contribution in [2.24, 2.45) is 5.10 Å². The maximum Gasteiger partial charge on any atom is 0.337 e. The standard InChI is InChI=1S/C23H18N4O3/c1-14(12-24)26-13-16(17-7-3-5-9-20(17)26)11-19-15(2)25-27(22(19)28)21-10-6-4-8-18(21)23(29)30/h3-11,13-14H,1-2H3,(H,29,30)/b19-11-. The molecule has 1 amide bonds. The van der Waals surface area contributed by atoms with Crippen molar-refractivity contribution in [3.05, 3.63) is 71.4 Å². The molecule has 0 spiro atoms. The van der Waals surface area contributed by atoms with Crippen molar-refractivity contribution in [1.82, 2.24) is 4.57 Å². The van der Waals surface area contributed by atoms with Gasteiger partial charge in [0, 0.05) is 22.7 Å². The van der Waals surface area contributed by atoms with Gasteiger partial charge in [-0.15, -0.1) is 0 Å². The molecule has 0 saturated heterocycles. The van der Waals surface area contributed by atoms with Crippen molar-refractivity contribution in [3.8, 4) is 6.07 Å². The van der Waals surface area contributed by atoms with Gasteiger partial charge < -0.3 is 9.67 Å². The van der Waals surface area contributed by atoms with Crippen molar-refractivity contribution in [3.63, 3.8) is 0 Å². The van der Waals surface area contributed by atoms with E-state index in [0.717, 1.165) is 21.5 Å². The van der Waals surface area contributed by atoms with Crippen LogP contribution in [0.25, 0.3) is 17.0 Å². The predicted octanol–water partition coefficient (Wildman–Crippen LogP) is 4.23. The van der Waals surface area contributed by atoms with E-state index in [1.54, 1.807) is 38.1 Å². The SMILES string of the molecule is CC1=NN(c2ccccc2C(=O)O)C(=O)/C1=C\c1cn(C(C)C#N)c2ccccc12. The molecule has 7 nitrogen and oxygen atoms in total. The molecule has 1 aliphatic heterocycles. The van der Waals surface area contributed by atoms with Crippen LogP contribution in [0.4, 0.5) is 5.69 Å². The van der Waals surface area contributed by atoms with Crippen molar-refractivity contribution < 1.29 is 14.7 Å². The smallest absolute Gasteiger partial charge is 0.337 e. The average Bonchev–Trinajstić information content (AvgIpc) is 3.26. The number of anilines is 1. The van der Waals surface area contributed by atoms with Crippen LogP contribution in [0.3, 0.4) is 0 Å². The second kappa shape index (κ2) is 7.33. The molecule has 1 aliphatic rings. The van der Waals surface area contributed by atoms with Crippen LogP contribution >= 0.6 is 0 Å². The Morgan fingerprint density at radius 3 is 2.63 bits per heavy atom. The van der Waals surface area contributed by atoms with Gasteiger partial charge in [-0.1, -0.05) is 30.3 Å². The summed E-state index contributed by atoms with van der Waals surface area (Å²) in [5, 5.41) is 25.1. The monoisotopic (exact) mass is 398 g/mol. The third-order valence-electron chi connectivity index (χ3n) is 5.10. The number of fused-ring (bicyclic) bond motifs is 1. The molecule has 1 N–H and O–H groups in total. The van der Waals surface area contributed by atoms with Gasteiger partial charge in [0.1, 0.15) is 6.04 Å². The fourth-order valence-electron chi connectivity index (χ4n) is 3.57. The summed E-state index contributed by atoms with van der Waals surface area (Å²) in [6.07, 6.45) is 3.59. The summed E-state index contributed by atoms with van der Waals surface area (Å²) in [7, 11) is 0. The first-order chi connectivity index (χ1) is 14.4. The van der Waals surface area contributed by atoms with E-state index < -0.39 is 11.9 Å². The zero-order valence-electron chi connectivity index (χ0n) is 16.4. The molecule has 0 fully saturated rings. The van der Waals surface area contributed by atoms with E-state index in [9.17, 15) is 20.0 Å². The number of benzene rings is 2. The molecule has 2 heterocycles. The molecule has 0 radical (unpaired) electrons. The number of hydrogen-bond acceptors (Lipinski definition) is 4. The molecule has 1 unspecified atom stereocenters. The van der Waals surface area contributed by atoms with E-state index in [0.29, 0.717) is 11.3 Å². The number of rotatable bonds is 4. The molecule has 2 aromatic carbocycles. The van der Waals surface area contributed by atoms with Gasteiger partial charge in [-0.25, -0.2) is 4.79 Å². The summed E-state index contributed by atoms with van der Waals surface area (Å²) in [6, 6.07) is 15.8. The molecule has 0 bridgehead atoms. The third kappa shape index (κ3) is 3.05. The van der Waals surface area contributed by atoms with Crippen LogP contribution in [0.1, 0.15) is 35.8 Å². The highest BCUT2D eigenvalue weighted by molar-refractivity contribution is 6.32. The van der Waals surface area contributed by atoms with E-state index >= 15 is 0 Å². The highest BCUT2D eigenvalue weighted by atomic mass is 16.4. The Hall–Kier alpha value is -4.18. The molecule has 0 saturated carbocycles. The van der Waals surface area contributed by atoms with Gasteiger partial charge in [0.25, 0.3) is 5.91 Å². The summed E-state index contributed by atoms with van der Waals surface area (Å²) < 4.78 is 1.87. The quantitative estimate of drug-likeness (QED) is 0.665. The predicted molar refractivity (Wildman–Crippen MR) is 114 cm³/mol. The number of hydrogen-bond donors (Lipinski definition) is 1. The molecule has 3 aromatic rings. The molecular weight excluding hydrogens is 380 g/mol. The molecule has 148 valence electrons. The summed E-state index contributed by atoms with van der Waals surface area (Å²) in [4.78, 5) is 24.7. The van der Waals surface area contributed by atoms with Gasteiger partial charge in [-0.05, 0) is 38.1 Å². The second-order valence-corrected chi connectivity index (χ2v) is 7.00. The number of hydrazone groups is 1. The third-order valence-corrected chi connectivity index (χ3v) is 5.10. The van der Waals surface area contributed by atoms with Crippen LogP contribution in [-0.4, -0.2) is 27.3 Å². The average molecular weight is 398 g/mol. The topological polar surface area (TPSA) is 98.7 Å². The number of nitrogens with zero attached hydrogens (tertiary/aromatic N) is 4. The van der Waals surface area contributed by atoms with Gasteiger partial charge in [-0.2, -0.15) is 15.4 Å². The van der Waals surface area contributed by atoms with Crippen LogP contribution in [0.15, 0.2) is 65.4 Å². The van der Waals surface area contributed by atoms with Crippen molar-refractivity contribution in [2.45, 2.75) is 19.9 Å². The summed E-state index contributed by atoms with van der Waals surface area (Å²) in [5.74, 6) is -1.52. The van der Waals surface area contributed by atoms with Crippen LogP contribution in [-0.2, 0) is 4.79 Å². The minimum atomic E-state index is -1.13. The first kappa shape index (κ1) is 19.2. The number of carboxylic acid groups (broad SMARTS) is 1. The Bertz CT molecular complexity index is 1290. The Balaban J connectivity index is 1.81. The van der Waals surface area contributed by atoms with E-state index in [2.05, 4.69) is 11.2 Å². The van der Waals surface area contributed by atoms with E-state index in [1.165, 1.54) is 6.07 Å². The Morgan fingerprint density at radius 1 is 1.20 bits per heavy atom. The second-order valence-electron chi connectivity index (χ2n) is 7.00. The van der Waals surface area contributed by atoms with E-state index in [1.807, 2.05) is 35.0 Å². The summed E-state index contributed by atoms with van der Waals surface area (Å²) in [5.41, 5.74) is 2.78. The molecule has 0 aliphatic carbocycles. The molecule has 4 rings (SSSR count). The summed E-state index contributed by atoms with van der Waals surface area (Å²) in [6.45, 7) is 3.52. The van der Waals surface area contributed by atoms with Gasteiger partial charge in [-0.3, -0.25) is 4.79 Å². The minimum absolute atomic E-state index is 0.00287. The maximum absolute atomic E-state index is 13.1. The molecule has 1 atom stereocenters. The first-order valence-corrected chi connectivity index (χ1v) is 9.35. The maximum atomic E-state index is 13.1. The molecular formula is C23H18N4O3. The number of aromatic carboxylic acids is 1. The molecule has 7 heteroatoms. The zero-order valence-corrected chi connectivity index (χ0v) is 16.4. The lowest BCUT2D eigenvalue weighted by Crippen LogP contribution is -2.23. The van der Waals surface area contributed by atoms with Gasteiger partial charge in [0.05, 0.1) is 28.6 Å². The van der Waals surface area contributed by atoms with Crippen molar-refractivity contribution >= 4 is 40.3 Å². The van der Waals surface area contributed by atoms with Crippen LogP contribution in [0.2, 0.25) is 0 Å². The Labute approximate surface area is 172 Å². The van der Waals surface area contributed by atoms with Gasteiger partial charge in [0.2, 0.25) is 0 Å². The Morgan fingerprint density at radius 2 is 1.90 bits per heavy atom. The van der Waals surface area contributed by atoms with Crippen LogP contribution in [0, 0.1) is 11.3 Å². The number of amides is 1. The van der Waals surface area contributed by atoms with Crippen molar-refractivity contribution in [2.75, 3.05) is 5.01 Å². The first-order valence-electron chi connectivity index (χ1n) is 9.35. The minimum Gasteiger partial charge on any atom is -0.478 e. The van der Waals surface area contributed by atoms with Gasteiger partial charge in [0.15, 0.2) is 0 Å².